The van der Waals surface area contributed by atoms with Gasteiger partial charge in [0.25, 0.3) is 0 Å². The van der Waals surface area contributed by atoms with Gasteiger partial charge >= 0.3 is 0 Å². The average Bonchev–Trinajstić information content (AvgIpc) is 3.04. The zero-order chi connectivity index (χ0) is 27.1. The first-order valence-corrected chi connectivity index (χ1v) is 12.2. The van der Waals surface area contributed by atoms with Gasteiger partial charge in [0.2, 0.25) is 0 Å². The maximum atomic E-state index is 14.7. The van der Waals surface area contributed by atoms with Gasteiger partial charge in [-0.15, -0.1) is 0 Å². The Kier molecular flexibility index (Phi) is 5.48. The molecule has 2 aromatic carbocycles. The lowest BCUT2D eigenvalue weighted by atomic mass is 9.75. The summed E-state index contributed by atoms with van der Waals surface area (Å²) in [6.45, 7) is 0. The molecule has 0 fully saturated rings. The van der Waals surface area contributed by atoms with Gasteiger partial charge in [-0.3, -0.25) is 49.5 Å². The van der Waals surface area contributed by atoms with Gasteiger partial charge in [-0.1, -0.05) is 24.3 Å². The summed E-state index contributed by atoms with van der Waals surface area (Å²) in [6, 6.07) is 7.05. The van der Waals surface area contributed by atoms with Crippen LogP contribution in [0.3, 0.4) is 0 Å². The molecule has 188 valence electrons. The maximum absolute atomic E-state index is 14.7. The number of benzene rings is 2. The first-order valence-electron chi connectivity index (χ1n) is 12.2. The van der Waals surface area contributed by atoms with Gasteiger partial charge in [0.15, 0.2) is 11.6 Å². The molecule has 4 aromatic heterocycles. The minimum Gasteiger partial charge on any atom is -0.289 e. The van der Waals surface area contributed by atoms with Gasteiger partial charge in [0, 0.05) is 94.1 Å². The molecule has 0 radical (unpaired) electrons. The fourth-order valence-electron chi connectivity index (χ4n) is 5.01. The standard InChI is InChI=1S/C30H16N8O2/c39-29-25-17(21-13-31-5-9-35-21)1-2-18(22-14-32-6-10-36-22)26(25)30(40)28-20(24-16-34-8-12-38-24)4-3-19(27(28)29)23-15-33-7-11-37-23/h1-16H. The van der Waals surface area contributed by atoms with Crippen LogP contribution in [0.2, 0.25) is 0 Å². The van der Waals surface area contributed by atoms with E-state index in [0.29, 0.717) is 45.0 Å². The first-order chi connectivity index (χ1) is 19.7. The molecule has 0 unspecified atom stereocenters. The summed E-state index contributed by atoms with van der Waals surface area (Å²) in [5.41, 5.74) is 4.60. The van der Waals surface area contributed by atoms with Gasteiger partial charge in [0.05, 0.1) is 47.6 Å². The normalized spacial score (nSPS) is 12.1. The van der Waals surface area contributed by atoms with Crippen molar-refractivity contribution in [2.24, 2.45) is 0 Å². The van der Waals surface area contributed by atoms with Crippen LogP contribution < -0.4 is 0 Å². The van der Waals surface area contributed by atoms with E-state index in [2.05, 4.69) is 39.9 Å². The van der Waals surface area contributed by atoms with E-state index in [9.17, 15) is 9.59 Å². The maximum Gasteiger partial charge on any atom is 0.195 e. The van der Waals surface area contributed by atoms with Gasteiger partial charge in [-0.2, -0.15) is 0 Å². The Morgan fingerprint density at radius 1 is 0.350 bits per heavy atom. The number of fused-ring (bicyclic) bond motifs is 2. The number of hydrogen-bond acceptors (Lipinski definition) is 10. The number of aromatic nitrogens is 8. The summed E-state index contributed by atoms with van der Waals surface area (Å²) < 4.78 is 0. The van der Waals surface area contributed by atoms with E-state index in [1.807, 2.05) is 0 Å². The molecule has 6 aromatic rings. The highest BCUT2D eigenvalue weighted by Gasteiger charge is 2.39. The van der Waals surface area contributed by atoms with Crippen LogP contribution in [0.4, 0.5) is 0 Å². The fourth-order valence-corrected chi connectivity index (χ4v) is 5.01. The second-order valence-corrected chi connectivity index (χ2v) is 8.84. The molecule has 1 aliphatic carbocycles. The molecule has 0 saturated heterocycles. The van der Waals surface area contributed by atoms with Crippen molar-refractivity contribution in [1.82, 2.24) is 39.9 Å². The summed E-state index contributed by atoms with van der Waals surface area (Å²) in [5.74, 6) is -0.718. The molecule has 10 nitrogen and oxygen atoms in total. The van der Waals surface area contributed by atoms with E-state index in [1.165, 1.54) is 0 Å². The smallest absolute Gasteiger partial charge is 0.195 e. The zero-order valence-electron chi connectivity index (χ0n) is 20.6. The van der Waals surface area contributed by atoms with Crippen LogP contribution in [0.25, 0.3) is 45.0 Å². The first kappa shape index (κ1) is 23.2. The highest BCUT2D eigenvalue weighted by Crippen LogP contribution is 2.44. The lowest BCUT2D eigenvalue weighted by Crippen LogP contribution is -2.25. The summed E-state index contributed by atoms with van der Waals surface area (Å²) in [4.78, 5) is 63.8. The van der Waals surface area contributed by atoms with E-state index < -0.39 is 0 Å². The minimum atomic E-state index is -0.359. The second-order valence-electron chi connectivity index (χ2n) is 8.84. The van der Waals surface area contributed by atoms with Crippen LogP contribution in [0.15, 0.2) is 98.6 Å². The predicted molar refractivity (Wildman–Crippen MR) is 144 cm³/mol. The molecule has 0 saturated carbocycles. The largest absolute Gasteiger partial charge is 0.289 e. The summed E-state index contributed by atoms with van der Waals surface area (Å²) in [6.07, 6.45) is 18.6. The second kappa shape index (κ2) is 9.44. The van der Waals surface area contributed by atoms with Gasteiger partial charge < -0.3 is 0 Å². The Hall–Kier alpha value is -5.90. The SMILES string of the molecule is O=C1c2c(-c3cnccn3)ccc(-c3cnccn3)c2C(=O)c2c(-c3cnccn3)ccc(-c3cnccn3)c21. The molecule has 0 spiro atoms. The van der Waals surface area contributed by atoms with E-state index in [4.69, 9.17) is 0 Å². The Bertz CT molecular complexity index is 1640. The molecule has 10 heteroatoms. The molecule has 0 aliphatic heterocycles. The molecule has 0 amide bonds. The third kappa shape index (κ3) is 3.66. The Morgan fingerprint density at radius 3 is 0.800 bits per heavy atom. The predicted octanol–water partition coefficient (Wildman–Crippen LogP) is 4.29. The lowest BCUT2D eigenvalue weighted by molar-refractivity contribution is 0.0981. The summed E-state index contributed by atoms with van der Waals surface area (Å²) in [5, 5.41) is 0. The van der Waals surface area contributed by atoms with Crippen LogP contribution in [0, 0.1) is 0 Å². The molecule has 7 rings (SSSR count). The van der Waals surface area contributed by atoms with Crippen molar-refractivity contribution in [3.05, 3.63) is 121 Å². The van der Waals surface area contributed by atoms with Gasteiger partial charge in [-0.25, -0.2) is 0 Å². The number of hydrogen-bond donors (Lipinski definition) is 0. The number of rotatable bonds is 4. The fraction of sp³-hybridized carbons (Fsp3) is 0. The van der Waals surface area contributed by atoms with Crippen molar-refractivity contribution in [2.75, 3.05) is 0 Å². The number of carbonyl (C=O) groups excluding carboxylic acids is 2. The lowest BCUT2D eigenvalue weighted by Gasteiger charge is -2.26. The molecular formula is C30H16N8O2. The average molecular weight is 521 g/mol. The highest BCUT2D eigenvalue weighted by molar-refractivity contribution is 6.35. The Balaban J connectivity index is 1.60. The van der Waals surface area contributed by atoms with Crippen molar-refractivity contribution in [3.63, 3.8) is 0 Å². The molecule has 0 N–H and O–H groups in total. The monoisotopic (exact) mass is 520 g/mol. The van der Waals surface area contributed by atoms with E-state index in [1.54, 1.807) is 98.6 Å². The minimum absolute atomic E-state index is 0.211. The number of ketones is 2. The molecule has 1 aliphatic rings. The van der Waals surface area contributed by atoms with E-state index in [0.717, 1.165) is 0 Å². The van der Waals surface area contributed by atoms with Gasteiger partial charge in [-0.05, 0) is 0 Å². The van der Waals surface area contributed by atoms with Crippen LogP contribution in [-0.2, 0) is 0 Å². The van der Waals surface area contributed by atoms with Crippen molar-refractivity contribution in [1.29, 1.82) is 0 Å². The summed E-state index contributed by atoms with van der Waals surface area (Å²) >= 11 is 0. The van der Waals surface area contributed by atoms with E-state index >= 15 is 0 Å². The Morgan fingerprint density at radius 2 is 0.600 bits per heavy atom. The van der Waals surface area contributed by atoms with E-state index in [-0.39, 0.29) is 33.8 Å². The topological polar surface area (TPSA) is 137 Å². The third-order valence-corrected chi connectivity index (χ3v) is 6.68. The van der Waals surface area contributed by atoms with Crippen molar-refractivity contribution in [3.8, 4) is 45.0 Å². The van der Waals surface area contributed by atoms with Crippen molar-refractivity contribution >= 4 is 11.6 Å². The van der Waals surface area contributed by atoms with Crippen LogP contribution in [0.5, 0.6) is 0 Å². The van der Waals surface area contributed by atoms with Crippen LogP contribution >= 0.6 is 0 Å². The highest BCUT2D eigenvalue weighted by atomic mass is 16.1. The number of nitrogens with zero attached hydrogens (tertiary/aromatic N) is 8. The molecule has 40 heavy (non-hydrogen) atoms. The summed E-state index contributed by atoms with van der Waals surface area (Å²) in [7, 11) is 0. The zero-order valence-corrected chi connectivity index (χ0v) is 20.6. The number of carbonyl (C=O) groups is 2. The quantitative estimate of drug-likeness (QED) is 0.330. The molecular weight excluding hydrogens is 504 g/mol. The Labute approximate surface area is 227 Å². The molecule has 4 heterocycles. The third-order valence-electron chi connectivity index (χ3n) is 6.68. The van der Waals surface area contributed by atoms with Crippen LogP contribution in [0.1, 0.15) is 31.8 Å². The molecule has 0 bridgehead atoms. The van der Waals surface area contributed by atoms with Crippen molar-refractivity contribution in [2.45, 2.75) is 0 Å². The molecule has 0 atom stereocenters. The van der Waals surface area contributed by atoms with Crippen LogP contribution in [-0.4, -0.2) is 51.4 Å². The van der Waals surface area contributed by atoms with Gasteiger partial charge in [0.1, 0.15) is 0 Å². The van der Waals surface area contributed by atoms with Crippen molar-refractivity contribution < 1.29 is 9.59 Å².